The molecule has 0 radical (unpaired) electrons. The largest absolute Gasteiger partial charge is 0.725 e. The van der Waals surface area contributed by atoms with Gasteiger partial charge in [0.05, 0.1) is 63.0 Å². The average molecular weight is 2400 g/mol. The van der Waals surface area contributed by atoms with Crippen molar-refractivity contribution in [2.24, 2.45) is 17.4 Å². The minimum absolute atomic E-state index is 0. The number of epoxide rings is 3. The van der Waals surface area contributed by atoms with Gasteiger partial charge in [-0.1, -0.05) is 96.0 Å². The van der Waals surface area contributed by atoms with Crippen LogP contribution in [0.3, 0.4) is 0 Å². The summed E-state index contributed by atoms with van der Waals surface area (Å²) in [5, 5.41) is 4.28. The maximum Gasteiger partial charge on any atom is 0.725 e. The Balaban J connectivity index is -0.000000159. The molecule has 892 valence electrons. The molecular formula is C91H206ClN3O41SSi12. The summed E-state index contributed by atoms with van der Waals surface area (Å²) >= 11 is 9.64. The lowest BCUT2D eigenvalue weighted by Gasteiger charge is -2.26. The van der Waals surface area contributed by atoms with E-state index >= 15 is 0 Å². The second kappa shape index (κ2) is 103. The number of terminal acetylenes is 3. The number of ether oxygens (including phenoxy) is 5. The van der Waals surface area contributed by atoms with Crippen LogP contribution in [0.5, 0.6) is 0 Å². The number of rotatable bonds is 72. The Hall–Kier alpha value is -1.84. The van der Waals surface area contributed by atoms with Crippen LogP contribution in [-0.4, -0.2) is 442 Å². The Morgan fingerprint density at radius 3 is 0.973 bits per heavy atom. The van der Waals surface area contributed by atoms with E-state index in [9.17, 15) is 0 Å². The quantitative estimate of drug-likeness (QED) is 0.00895. The molecule has 0 amide bonds. The van der Waals surface area contributed by atoms with Crippen molar-refractivity contribution in [1.29, 1.82) is 0 Å². The predicted molar refractivity (Wildman–Crippen MR) is 612 cm³/mol. The third kappa shape index (κ3) is 73.6. The Labute approximate surface area is 926 Å². The second-order valence-electron chi connectivity index (χ2n) is 30.6. The van der Waals surface area contributed by atoms with Gasteiger partial charge in [-0.05, 0) is 108 Å². The Kier molecular flexibility index (Phi) is 112. The summed E-state index contributed by atoms with van der Waals surface area (Å²) in [7, 11) is 24.4. The zero-order valence-electron chi connectivity index (χ0n) is 97.3. The van der Waals surface area contributed by atoms with Gasteiger partial charge in [0.1, 0.15) is 12.2 Å². The molecule has 5 unspecified atom stereocenters. The third-order valence-corrected chi connectivity index (χ3v) is 55.1. The number of alkyl halides is 1. The van der Waals surface area contributed by atoms with Crippen molar-refractivity contribution in [2.75, 3.05) is 312 Å². The highest BCUT2D eigenvalue weighted by molar-refractivity contribution is 7.80. The molecule has 1 aromatic rings. The molecule has 1 aliphatic carbocycles. The smallest absolute Gasteiger partial charge is 0.432 e. The van der Waals surface area contributed by atoms with Gasteiger partial charge in [0.2, 0.25) is 0 Å². The molecule has 4 aliphatic rings. The lowest BCUT2D eigenvalue weighted by molar-refractivity contribution is 0.1000. The van der Waals surface area contributed by atoms with Crippen LogP contribution in [0, 0.1) is 43.5 Å². The Bertz CT molecular complexity index is 3090. The number of nitrogens with one attached hydrogen (secondary N) is 1. The average Bonchev–Trinajstić information content (AvgIpc) is 1.64. The van der Waals surface area contributed by atoms with Crippen LogP contribution < -0.4 is 22.0 Å². The summed E-state index contributed by atoms with van der Waals surface area (Å²) < 4.78 is 213. The molecule has 0 aromatic heterocycles. The maximum absolute atomic E-state index is 5.65. The van der Waals surface area contributed by atoms with Gasteiger partial charge in [0.15, 0.2) is 0 Å². The molecule has 58 heteroatoms. The molecule has 3 saturated heterocycles. The van der Waals surface area contributed by atoms with E-state index < -0.39 is 106 Å². The molecule has 3 aliphatic heterocycles. The van der Waals surface area contributed by atoms with Crippen LogP contribution >= 0.6 is 24.2 Å². The van der Waals surface area contributed by atoms with Crippen molar-refractivity contribution >= 4 is 135 Å². The number of benzene rings is 1. The van der Waals surface area contributed by atoms with Crippen molar-refractivity contribution in [3.05, 3.63) is 61.5 Å². The SMILES string of the molecule is C#CO[Si](CCCOCC1CO1)(OC#C)OC#C.C=C=C.C=C[Si](OC)(OC)OC.CCC[Si](OC)(OC)OC.CC[Si](OC)(OC)OC.CO[Si](C)(OC)OC.CO[Si](CCC1CCCC2OC12)(OC)OC.CO[Si](CCCCl)(OC)OC.CO[Si](CCCN)(OC)OC.CO[Si](CCCNCCCN)(OC)OC.CO[Si](CCCOCC1CO1)(OC)OC.CO[Si](CCCS)(OC)OC.CO[Si](OC)(OC)c1ccccc1.[HH].[HH].[HH]. The van der Waals surface area contributed by atoms with Gasteiger partial charge >= 0.3 is 106 Å². The molecule has 3 heterocycles. The van der Waals surface area contributed by atoms with E-state index in [0.29, 0.717) is 75.5 Å². The number of hydrogen-bond donors (Lipinski definition) is 4. The van der Waals surface area contributed by atoms with Crippen molar-refractivity contribution in [2.45, 2.75) is 176 Å². The topological polar surface area (TPSA) is 452 Å². The standard InChI is InChI=1S/C12H14O5Si.C11H22O4Si.C9H24N2O3Si.C9H20O5Si.C9H14O3Si.C6H15ClO3Si.C6H17NO3Si.C6H16O3SSi.C6H16O3Si.C5H14O3Si.C5H12O3Si.C4H12O3Si.C3H4.3H2/c1-4-15-18(16-5-2,17-6-3)9-7-8-13-10-12-11-14-12;1-12-16(13-2,14-3)8-7-9-5-4-6-10-11(9)15-10;1-12-15(13-2,14-3)9-5-8-11-7-4-6-10;1-10-15(11-2,12-3)6-4-5-13-7-9-8-14-9;1-10-13(11-2,12-3)9-7-5-4-6-8-9;2*1-8-11(9-2,10-3)6-4-5-7;1-7-11(8-2,9-3)6-4-5-10;1-5-6-10(7-2,8-3)9-4;2*1-5-9(6-2,7-3)8-4;1-5-8(4,6-2)7-3;1-3-2;;;/h1-3,12H,7-11H2;9-11H,4-8H2,1-3H3;11H,4-10H2,1-3H3;9H,4-8H2,1-3H3;4-8H,1-3H3;4-6H2,1-3H3;4-7H2,1-3H3;10H,4-6H2,1-3H3;5-6H2,1-4H3;5H2,1-4H3;5H,1H2,2-4H3;1-4H3;1-2H2;3*1H. The van der Waals surface area contributed by atoms with Gasteiger partial charge in [-0.3, -0.25) is 0 Å². The normalized spacial score (nSPS) is 15.5. The van der Waals surface area contributed by atoms with Crippen molar-refractivity contribution in [3.8, 4) is 37.6 Å². The zero-order chi connectivity index (χ0) is 116. The lowest BCUT2D eigenvalue weighted by atomic mass is 9.87. The van der Waals surface area contributed by atoms with E-state index in [4.69, 9.17) is 225 Å². The van der Waals surface area contributed by atoms with E-state index in [-0.39, 0.29) is 10.4 Å². The van der Waals surface area contributed by atoms with E-state index in [0.717, 1.165) is 144 Å². The number of hydrogen-bond acceptors (Lipinski definition) is 45. The summed E-state index contributed by atoms with van der Waals surface area (Å²) in [5.41, 5.74) is 14.6. The molecule has 4 fully saturated rings. The summed E-state index contributed by atoms with van der Waals surface area (Å²) in [6.45, 7) is 23.1. The first-order valence-electron chi connectivity index (χ1n) is 48.3. The van der Waals surface area contributed by atoms with Crippen molar-refractivity contribution in [3.63, 3.8) is 0 Å². The van der Waals surface area contributed by atoms with E-state index in [1.165, 1.54) is 19.3 Å². The van der Waals surface area contributed by atoms with Crippen LogP contribution in [-0.2, 0) is 183 Å². The number of thiol groups is 1. The van der Waals surface area contributed by atoms with Gasteiger partial charge in [-0.25, -0.2) is 0 Å². The lowest BCUT2D eigenvalue weighted by Crippen LogP contribution is -2.54. The fraction of sp³-hybridized carbons (Fsp3) is 0.813. The predicted octanol–water partition coefficient (Wildman–Crippen LogP) is 11.8. The fourth-order valence-corrected chi connectivity index (χ4v) is 32.0. The minimum atomic E-state index is -3.18. The number of nitrogens with two attached hydrogens (primary N) is 2. The molecule has 0 spiro atoms. The number of fused-ring (bicyclic) bond motifs is 1. The minimum Gasteiger partial charge on any atom is -0.432 e. The second-order valence-corrected chi connectivity index (χ2v) is 67.6. The van der Waals surface area contributed by atoms with Gasteiger partial charge in [0.25, 0.3) is 0 Å². The molecular weight excluding hydrogens is 2200 g/mol. The molecule has 0 bridgehead atoms. The Morgan fingerprint density at radius 2 is 0.718 bits per heavy atom. The monoisotopic (exact) mass is 2400 g/mol. The van der Waals surface area contributed by atoms with Crippen LogP contribution in [0.1, 0.15) is 95.2 Å². The first kappa shape index (κ1) is 162. The van der Waals surface area contributed by atoms with E-state index in [1.807, 2.05) is 62.1 Å². The molecule has 1 saturated carbocycles. The summed E-state index contributed by atoms with van der Waals surface area (Å²) in [6, 6.07) is 16.7. The molecule has 149 heavy (non-hydrogen) atoms. The molecule has 5 atom stereocenters. The molecule has 44 nitrogen and oxygen atoms in total. The first-order chi connectivity index (χ1) is 71.3. The highest BCUT2D eigenvalue weighted by Gasteiger charge is 2.51. The third-order valence-electron chi connectivity index (χ3n) is 22.5. The zero-order valence-corrected chi connectivity index (χ0v) is 111. The molecule has 5 rings (SSSR count). The summed E-state index contributed by atoms with van der Waals surface area (Å²) in [6.07, 6.45) is 35.1. The fourth-order valence-electron chi connectivity index (χ4n) is 12.8. The maximum atomic E-state index is 5.65. The Morgan fingerprint density at radius 1 is 0.409 bits per heavy atom. The van der Waals surface area contributed by atoms with Crippen molar-refractivity contribution in [1.82, 2.24) is 5.32 Å². The van der Waals surface area contributed by atoms with Crippen LogP contribution in [0.25, 0.3) is 0 Å². The molecule has 5 N–H and O–H groups in total. The highest BCUT2D eigenvalue weighted by Crippen LogP contribution is 2.43. The van der Waals surface area contributed by atoms with E-state index in [2.05, 4.69) is 50.3 Å². The van der Waals surface area contributed by atoms with Crippen LogP contribution in [0.4, 0.5) is 0 Å². The first-order valence-corrected chi connectivity index (χ1v) is 72.6. The summed E-state index contributed by atoms with van der Waals surface area (Å²) in [4.78, 5) is 0. The molecule has 1 aromatic carbocycles. The van der Waals surface area contributed by atoms with Gasteiger partial charge in [-0.15, -0.1) is 17.3 Å². The van der Waals surface area contributed by atoms with E-state index in [1.54, 1.807) is 240 Å². The van der Waals surface area contributed by atoms with Crippen LogP contribution in [0.2, 0.25) is 60.9 Å². The van der Waals surface area contributed by atoms with Crippen molar-refractivity contribution < 1.29 is 187 Å². The van der Waals surface area contributed by atoms with Crippen LogP contribution in [0.15, 0.2) is 61.5 Å². The highest BCUT2D eigenvalue weighted by atomic mass is 35.5. The summed E-state index contributed by atoms with van der Waals surface area (Å²) in [5.74, 6) is 2.14. The number of halogens is 1. The van der Waals surface area contributed by atoms with Gasteiger partial charge < -0.3 is 200 Å². The van der Waals surface area contributed by atoms with Gasteiger partial charge in [-0.2, -0.15) is 12.6 Å². The van der Waals surface area contributed by atoms with Gasteiger partial charge in [0, 0.05) is 318 Å².